The normalized spacial score (nSPS) is 10.4. The number of carbonyl (C=O) groups excluding carboxylic acids is 1. The molecule has 144 valence electrons. The number of anilines is 1. The standard InChI is InChI=1S/C21H21N3O4/c1-14-4-6-15(7-5-14)17-11-21(26)24(13-22-17)12-20(25)23-16-8-9-18(27-2)19(10-16)28-3/h4-11,13H,12H2,1-3H3,(H,23,25). The number of aryl methyl sites for hydroxylation is 1. The molecule has 0 saturated carbocycles. The van der Waals surface area contributed by atoms with Crippen LogP contribution < -0.4 is 20.3 Å². The van der Waals surface area contributed by atoms with Gasteiger partial charge in [-0.1, -0.05) is 29.8 Å². The van der Waals surface area contributed by atoms with Gasteiger partial charge in [-0.15, -0.1) is 0 Å². The van der Waals surface area contributed by atoms with E-state index in [2.05, 4.69) is 10.3 Å². The first-order valence-corrected chi connectivity index (χ1v) is 8.65. The largest absolute Gasteiger partial charge is 0.493 e. The molecule has 0 bridgehead atoms. The Bertz CT molecular complexity index is 1040. The predicted octanol–water partition coefficient (Wildman–Crippen LogP) is 2.87. The highest BCUT2D eigenvalue weighted by atomic mass is 16.5. The Balaban J connectivity index is 1.72. The number of hydrogen-bond acceptors (Lipinski definition) is 5. The van der Waals surface area contributed by atoms with E-state index < -0.39 is 0 Å². The second-order valence-corrected chi connectivity index (χ2v) is 6.22. The zero-order valence-electron chi connectivity index (χ0n) is 15.9. The van der Waals surface area contributed by atoms with Crippen molar-refractivity contribution in [1.29, 1.82) is 0 Å². The summed E-state index contributed by atoms with van der Waals surface area (Å²) in [5, 5.41) is 2.73. The lowest BCUT2D eigenvalue weighted by Crippen LogP contribution is -2.27. The second kappa shape index (κ2) is 8.39. The lowest BCUT2D eigenvalue weighted by molar-refractivity contribution is -0.116. The molecule has 0 aliphatic carbocycles. The highest BCUT2D eigenvalue weighted by Crippen LogP contribution is 2.29. The molecule has 2 aromatic carbocycles. The summed E-state index contributed by atoms with van der Waals surface area (Å²) in [5.74, 6) is 0.716. The van der Waals surface area contributed by atoms with Crippen molar-refractivity contribution in [2.24, 2.45) is 0 Å². The van der Waals surface area contributed by atoms with Crippen LogP contribution in [0.4, 0.5) is 5.69 Å². The molecule has 0 aliphatic heterocycles. The maximum atomic E-state index is 12.4. The van der Waals surface area contributed by atoms with Crippen molar-refractivity contribution < 1.29 is 14.3 Å². The van der Waals surface area contributed by atoms with E-state index in [1.807, 2.05) is 31.2 Å². The van der Waals surface area contributed by atoms with Gasteiger partial charge in [0.25, 0.3) is 5.56 Å². The first-order valence-electron chi connectivity index (χ1n) is 8.65. The summed E-state index contributed by atoms with van der Waals surface area (Å²) >= 11 is 0. The molecule has 0 saturated heterocycles. The summed E-state index contributed by atoms with van der Waals surface area (Å²) in [6.07, 6.45) is 1.38. The van der Waals surface area contributed by atoms with E-state index in [1.165, 1.54) is 31.2 Å². The lowest BCUT2D eigenvalue weighted by atomic mass is 10.1. The van der Waals surface area contributed by atoms with Crippen LogP contribution in [0.3, 0.4) is 0 Å². The minimum absolute atomic E-state index is 0.144. The van der Waals surface area contributed by atoms with Gasteiger partial charge < -0.3 is 14.8 Å². The van der Waals surface area contributed by atoms with E-state index in [-0.39, 0.29) is 18.0 Å². The van der Waals surface area contributed by atoms with E-state index in [0.717, 1.165) is 11.1 Å². The van der Waals surface area contributed by atoms with Crippen molar-refractivity contribution in [1.82, 2.24) is 9.55 Å². The Morgan fingerprint density at radius 3 is 2.39 bits per heavy atom. The summed E-state index contributed by atoms with van der Waals surface area (Å²) < 4.78 is 11.6. The SMILES string of the molecule is COc1ccc(NC(=O)Cn2cnc(-c3ccc(C)cc3)cc2=O)cc1OC. The highest BCUT2D eigenvalue weighted by Gasteiger charge is 2.10. The molecule has 0 spiro atoms. The van der Waals surface area contributed by atoms with Gasteiger partial charge in [0.05, 0.1) is 26.2 Å². The molecule has 1 amide bonds. The van der Waals surface area contributed by atoms with Crippen LogP contribution in [0.25, 0.3) is 11.3 Å². The summed E-state index contributed by atoms with van der Waals surface area (Å²) in [7, 11) is 3.06. The fourth-order valence-corrected chi connectivity index (χ4v) is 2.70. The first kappa shape index (κ1) is 19.2. The van der Waals surface area contributed by atoms with Crippen LogP contribution >= 0.6 is 0 Å². The van der Waals surface area contributed by atoms with Crippen molar-refractivity contribution in [2.75, 3.05) is 19.5 Å². The number of nitrogens with one attached hydrogen (secondary N) is 1. The summed E-state index contributed by atoms with van der Waals surface area (Å²) in [6.45, 7) is 1.85. The number of methoxy groups -OCH3 is 2. The van der Waals surface area contributed by atoms with Crippen LogP contribution in [0.2, 0.25) is 0 Å². The average molecular weight is 379 g/mol. The second-order valence-electron chi connectivity index (χ2n) is 6.22. The maximum absolute atomic E-state index is 12.4. The number of rotatable bonds is 6. The van der Waals surface area contributed by atoms with Gasteiger partial charge in [-0.2, -0.15) is 0 Å². The van der Waals surface area contributed by atoms with Crippen molar-refractivity contribution in [2.45, 2.75) is 13.5 Å². The third-order valence-corrected chi connectivity index (χ3v) is 4.21. The molecule has 7 heteroatoms. The topological polar surface area (TPSA) is 82.5 Å². The highest BCUT2D eigenvalue weighted by molar-refractivity contribution is 5.90. The molecule has 0 atom stereocenters. The minimum Gasteiger partial charge on any atom is -0.493 e. The van der Waals surface area contributed by atoms with E-state index in [9.17, 15) is 9.59 Å². The summed E-state index contributed by atoms with van der Waals surface area (Å²) in [4.78, 5) is 29.0. The van der Waals surface area contributed by atoms with Crippen LogP contribution in [-0.2, 0) is 11.3 Å². The molecule has 1 N–H and O–H groups in total. The minimum atomic E-state index is -0.348. The van der Waals surface area contributed by atoms with Gasteiger partial charge in [0.15, 0.2) is 11.5 Å². The summed E-state index contributed by atoms with van der Waals surface area (Å²) in [6, 6.07) is 14.2. The molecular formula is C21H21N3O4. The molecular weight excluding hydrogens is 358 g/mol. The van der Waals surface area contributed by atoms with Gasteiger partial charge >= 0.3 is 0 Å². The number of carbonyl (C=O) groups is 1. The monoisotopic (exact) mass is 379 g/mol. The molecule has 1 aromatic heterocycles. The van der Waals surface area contributed by atoms with E-state index in [4.69, 9.17) is 9.47 Å². The lowest BCUT2D eigenvalue weighted by Gasteiger charge is -2.11. The smallest absolute Gasteiger partial charge is 0.254 e. The zero-order valence-corrected chi connectivity index (χ0v) is 15.9. The Kier molecular flexibility index (Phi) is 5.74. The average Bonchev–Trinajstić information content (AvgIpc) is 2.70. The molecule has 0 unspecified atom stereocenters. The fourth-order valence-electron chi connectivity index (χ4n) is 2.70. The first-order chi connectivity index (χ1) is 13.5. The van der Waals surface area contributed by atoms with Gasteiger partial charge in [-0.3, -0.25) is 14.2 Å². The summed E-state index contributed by atoms with van der Waals surface area (Å²) in [5.41, 5.74) is 2.79. The molecule has 1 heterocycles. The van der Waals surface area contributed by atoms with E-state index in [0.29, 0.717) is 22.9 Å². The Morgan fingerprint density at radius 1 is 1.04 bits per heavy atom. The van der Waals surface area contributed by atoms with Gasteiger partial charge in [0.2, 0.25) is 5.91 Å². The Morgan fingerprint density at radius 2 is 1.75 bits per heavy atom. The van der Waals surface area contributed by atoms with Crippen LogP contribution in [0, 0.1) is 6.92 Å². The van der Waals surface area contributed by atoms with Gasteiger partial charge in [-0.05, 0) is 19.1 Å². The third kappa shape index (κ3) is 4.37. The van der Waals surface area contributed by atoms with Gasteiger partial charge in [-0.25, -0.2) is 4.98 Å². The maximum Gasteiger partial charge on any atom is 0.254 e. The molecule has 0 aliphatic rings. The molecule has 0 radical (unpaired) electrons. The van der Waals surface area contributed by atoms with Crippen molar-refractivity contribution in [3.63, 3.8) is 0 Å². The quantitative estimate of drug-likeness (QED) is 0.712. The van der Waals surface area contributed by atoms with Crippen LogP contribution in [0.5, 0.6) is 11.5 Å². The number of amides is 1. The molecule has 0 fully saturated rings. The van der Waals surface area contributed by atoms with Crippen molar-refractivity contribution in [3.8, 4) is 22.8 Å². The Hall–Kier alpha value is -3.61. The molecule has 3 aromatic rings. The van der Waals surface area contributed by atoms with Crippen LogP contribution in [0.1, 0.15) is 5.56 Å². The molecule has 7 nitrogen and oxygen atoms in total. The van der Waals surface area contributed by atoms with E-state index >= 15 is 0 Å². The number of nitrogens with zero attached hydrogens (tertiary/aromatic N) is 2. The van der Waals surface area contributed by atoms with Crippen molar-refractivity contribution >= 4 is 11.6 Å². The third-order valence-electron chi connectivity index (χ3n) is 4.21. The van der Waals surface area contributed by atoms with Crippen molar-refractivity contribution in [3.05, 3.63) is 70.8 Å². The number of hydrogen-bond donors (Lipinski definition) is 1. The van der Waals surface area contributed by atoms with Crippen LogP contribution in [-0.4, -0.2) is 29.7 Å². The number of aromatic nitrogens is 2. The fraction of sp³-hybridized carbons (Fsp3) is 0.190. The van der Waals surface area contributed by atoms with Gasteiger partial charge in [0, 0.05) is 23.4 Å². The van der Waals surface area contributed by atoms with Crippen LogP contribution in [0.15, 0.2) is 59.7 Å². The Labute approximate surface area is 162 Å². The molecule has 28 heavy (non-hydrogen) atoms. The molecule has 3 rings (SSSR count). The number of benzene rings is 2. The van der Waals surface area contributed by atoms with E-state index in [1.54, 1.807) is 18.2 Å². The number of ether oxygens (including phenoxy) is 2. The zero-order chi connectivity index (χ0) is 20.1. The van der Waals surface area contributed by atoms with Gasteiger partial charge in [0.1, 0.15) is 6.54 Å². The predicted molar refractivity (Wildman–Crippen MR) is 107 cm³/mol.